The average Bonchev–Trinajstić information content (AvgIpc) is 2.71. The second-order valence-electron chi connectivity index (χ2n) is 7.73. The summed E-state index contributed by atoms with van der Waals surface area (Å²) in [6.45, 7) is 6.27. The van der Waals surface area contributed by atoms with Crippen LogP contribution in [0.3, 0.4) is 0 Å². The van der Waals surface area contributed by atoms with Crippen LogP contribution in [0.2, 0.25) is 0 Å². The summed E-state index contributed by atoms with van der Waals surface area (Å²) in [7, 11) is 10.2. The van der Waals surface area contributed by atoms with E-state index in [0.29, 0.717) is 14.3 Å². The Morgan fingerprint density at radius 3 is 2.20 bits per heavy atom. The van der Waals surface area contributed by atoms with E-state index in [4.69, 9.17) is 18.6 Å². The molecule has 2 nitrogen and oxygen atoms in total. The second kappa shape index (κ2) is 12.6. The summed E-state index contributed by atoms with van der Waals surface area (Å²) >= 11 is -0.556. The van der Waals surface area contributed by atoms with Gasteiger partial charge in [-0.05, 0) is 55.8 Å². The van der Waals surface area contributed by atoms with E-state index in [2.05, 4.69) is 68.2 Å². The van der Waals surface area contributed by atoms with Gasteiger partial charge in [0.15, 0.2) is 0 Å². The van der Waals surface area contributed by atoms with Crippen LogP contribution in [0, 0.1) is 0 Å². The zero-order valence-corrected chi connectivity index (χ0v) is 21.4. The minimum absolute atomic E-state index is 0.103. The molecule has 0 aliphatic carbocycles. The van der Waals surface area contributed by atoms with Gasteiger partial charge in [0.25, 0.3) is 0 Å². The number of benzene rings is 3. The van der Waals surface area contributed by atoms with Gasteiger partial charge in [-0.15, -0.1) is 0 Å². The summed E-state index contributed by atoms with van der Waals surface area (Å²) in [5.41, 5.74) is 3.49. The van der Waals surface area contributed by atoms with Crippen molar-refractivity contribution in [2.45, 2.75) is 32.7 Å². The van der Waals surface area contributed by atoms with Crippen LogP contribution in [0.4, 0.5) is 0 Å². The molecule has 0 bridgehead atoms. The number of hydrogen-bond acceptors (Lipinski definition) is 2. The minimum atomic E-state index is -0.556. The average molecular weight is 494 g/mol. The fourth-order valence-electron chi connectivity index (χ4n) is 2.76. The van der Waals surface area contributed by atoms with E-state index in [1.54, 1.807) is 0 Å². The van der Waals surface area contributed by atoms with E-state index >= 15 is 0 Å². The van der Waals surface area contributed by atoms with Gasteiger partial charge in [0, 0.05) is 17.1 Å². The molecule has 0 spiro atoms. The molecule has 1 atom stereocenters. The summed E-state index contributed by atoms with van der Waals surface area (Å²) in [5, 5.41) is 12.6. The fraction of sp³-hybridized carbons (Fsp3) is 0.208. The van der Waals surface area contributed by atoms with E-state index in [1.165, 1.54) is 16.4 Å². The summed E-state index contributed by atoms with van der Waals surface area (Å²) in [6, 6.07) is 24.6. The molecular formula is C24H26Cl2NOPTi. The van der Waals surface area contributed by atoms with E-state index < -0.39 is 17.0 Å². The number of halogens is 2. The van der Waals surface area contributed by atoms with Crippen molar-refractivity contribution in [1.29, 1.82) is 0 Å². The zero-order chi connectivity index (χ0) is 22.0. The first-order chi connectivity index (χ1) is 14.3. The Bertz CT molecular complexity index is 959. The van der Waals surface area contributed by atoms with E-state index in [0.717, 1.165) is 17.3 Å². The topological polar surface area (TPSA) is 32.6 Å². The molecule has 0 aromatic heterocycles. The van der Waals surface area contributed by atoms with Gasteiger partial charge in [0.05, 0.1) is 5.54 Å². The second-order valence-corrected chi connectivity index (χ2v) is 11.6. The van der Waals surface area contributed by atoms with Gasteiger partial charge in [-0.1, -0.05) is 69.2 Å². The van der Waals surface area contributed by atoms with Crippen molar-refractivity contribution in [2.24, 2.45) is 4.99 Å². The standard InChI is InChI=1S/C24H26NOP.2ClH.Ti/c1-24(2,3)25-17-20-11-7-8-12-22(20)27-23-16-19(13-14-21(23)26)15-18-9-5-4-6-10-18;;;/h4-14,16-17,26-27H,15H2,1-3H3;2*1H;/q;;;+2/p-2. The molecule has 0 amide bonds. The molecule has 1 N–H and O–H groups in total. The summed E-state index contributed by atoms with van der Waals surface area (Å²) < 4.78 is 0. The molecule has 1 unspecified atom stereocenters. The molecule has 0 radical (unpaired) electrons. The van der Waals surface area contributed by atoms with E-state index in [1.807, 2.05) is 36.5 Å². The molecule has 6 heteroatoms. The molecule has 3 aromatic rings. The molecule has 0 heterocycles. The molecular weight excluding hydrogens is 468 g/mol. The predicted octanol–water partition coefficient (Wildman–Crippen LogP) is 6.21. The van der Waals surface area contributed by atoms with Gasteiger partial charge in [0.1, 0.15) is 5.75 Å². The molecule has 3 rings (SSSR count). The molecule has 0 fully saturated rings. The van der Waals surface area contributed by atoms with Gasteiger partial charge in [0.2, 0.25) is 0 Å². The molecule has 0 saturated carbocycles. The quantitative estimate of drug-likeness (QED) is 0.256. The summed E-state index contributed by atoms with van der Waals surface area (Å²) in [6.07, 6.45) is 2.82. The molecule has 30 heavy (non-hydrogen) atoms. The zero-order valence-electron chi connectivity index (χ0n) is 17.4. The number of rotatable bonds is 5. The Kier molecular flexibility index (Phi) is 10.6. The van der Waals surface area contributed by atoms with Gasteiger partial charge < -0.3 is 5.11 Å². The van der Waals surface area contributed by atoms with Crippen LogP contribution in [-0.2, 0) is 23.5 Å². The van der Waals surface area contributed by atoms with Crippen LogP contribution in [0.5, 0.6) is 5.75 Å². The number of phenolic OH excluding ortho intramolecular Hbond substituents is 1. The van der Waals surface area contributed by atoms with Crippen LogP contribution in [0.15, 0.2) is 77.8 Å². The van der Waals surface area contributed by atoms with Crippen molar-refractivity contribution >= 4 is 44.0 Å². The Morgan fingerprint density at radius 2 is 1.53 bits per heavy atom. The summed E-state index contributed by atoms with van der Waals surface area (Å²) in [5.74, 6) is 0.354. The number of aliphatic imine (C=N–C) groups is 1. The van der Waals surface area contributed by atoms with Crippen LogP contribution in [-0.4, -0.2) is 16.9 Å². The first-order valence-electron chi connectivity index (χ1n) is 9.56. The predicted molar refractivity (Wildman–Crippen MR) is 130 cm³/mol. The van der Waals surface area contributed by atoms with Crippen molar-refractivity contribution in [3.63, 3.8) is 0 Å². The molecule has 0 saturated heterocycles. The van der Waals surface area contributed by atoms with Crippen LogP contribution >= 0.6 is 27.2 Å². The van der Waals surface area contributed by atoms with Crippen LogP contribution in [0.1, 0.15) is 37.5 Å². The van der Waals surface area contributed by atoms with Crippen molar-refractivity contribution in [2.75, 3.05) is 0 Å². The normalized spacial score (nSPS) is 11.5. The number of aromatic hydroxyl groups is 1. The van der Waals surface area contributed by atoms with Gasteiger partial charge in [-0.3, -0.25) is 4.99 Å². The van der Waals surface area contributed by atoms with Crippen LogP contribution < -0.4 is 10.6 Å². The summed E-state index contributed by atoms with van der Waals surface area (Å²) in [4.78, 5) is 4.64. The Hall–Kier alpha value is -1.15. The molecule has 0 aliphatic heterocycles. The maximum atomic E-state index is 10.4. The third-order valence-corrected chi connectivity index (χ3v) is 5.53. The van der Waals surface area contributed by atoms with Crippen molar-refractivity contribution in [3.8, 4) is 5.75 Å². The van der Waals surface area contributed by atoms with Gasteiger partial charge in [-0.2, -0.15) is 0 Å². The van der Waals surface area contributed by atoms with E-state index in [-0.39, 0.29) is 5.54 Å². The molecule has 0 aliphatic rings. The number of nitrogens with zero attached hydrogens (tertiary/aromatic N) is 1. The number of hydrogen-bond donors (Lipinski definition) is 1. The fourth-order valence-corrected chi connectivity index (χ4v) is 3.99. The Labute approximate surface area is 198 Å². The molecule has 156 valence electrons. The van der Waals surface area contributed by atoms with Crippen molar-refractivity contribution in [1.82, 2.24) is 0 Å². The SMILES string of the molecule is CC(C)(C)N=Cc1ccccc1Pc1cc(Cc2ccccc2)ccc1O.[Cl][Ti][Cl]. The van der Waals surface area contributed by atoms with E-state index in [9.17, 15) is 5.11 Å². The van der Waals surface area contributed by atoms with Gasteiger partial charge >= 0.3 is 35.6 Å². The first-order valence-corrected chi connectivity index (χ1v) is 14.9. The van der Waals surface area contributed by atoms with Crippen LogP contribution in [0.25, 0.3) is 0 Å². The first kappa shape index (κ1) is 25.1. The Morgan fingerprint density at radius 1 is 0.900 bits per heavy atom. The van der Waals surface area contributed by atoms with Gasteiger partial charge in [-0.25, -0.2) is 0 Å². The molecule has 3 aromatic carbocycles. The Balaban J connectivity index is 0.00000101. The monoisotopic (exact) mass is 493 g/mol. The van der Waals surface area contributed by atoms with Crippen molar-refractivity contribution in [3.05, 3.63) is 89.5 Å². The third kappa shape index (κ3) is 8.92. The van der Waals surface area contributed by atoms with Crippen molar-refractivity contribution < 1.29 is 22.1 Å². The maximum absolute atomic E-state index is 10.4. The third-order valence-electron chi connectivity index (χ3n) is 4.13. The number of phenols is 1.